The molecular formula is C23H21FN2O5S. The fraction of sp³-hybridized carbons (Fsp3) is 0.174. The topological polar surface area (TPSA) is 84.9 Å². The van der Waals surface area contributed by atoms with Crippen molar-refractivity contribution < 1.29 is 28.2 Å². The minimum atomic E-state index is -0.757. The first-order valence-electron chi connectivity index (χ1n) is 9.62. The Labute approximate surface area is 188 Å². The van der Waals surface area contributed by atoms with Gasteiger partial charge in [-0.2, -0.15) is 11.3 Å². The maximum atomic E-state index is 13.6. The molecule has 1 heterocycles. The minimum absolute atomic E-state index is 0.0267. The number of nitrogens with zero attached hydrogens (tertiary/aromatic N) is 1. The number of thiophene rings is 1. The third-order valence-electron chi connectivity index (χ3n) is 4.37. The van der Waals surface area contributed by atoms with Gasteiger partial charge in [-0.1, -0.05) is 24.3 Å². The fourth-order valence-electron chi connectivity index (χ4n) is 2.71. The van der Waals surface area contributed by atoms with Gasteiger partial charge in [0.05, 0.1) is 5.69 Å². The molecule has 2 aromatic carbocycles. The summed E-state index contributed by atoms with van der Waals surface area (Å²) in [6, 6.07) is 13.8. The molecule has 0 radical (unpaired) electrons. The van der Waals surface area contributed by atoms with Gasteiger partial charge in [-0.05, 0) is 46.7 Å². The van der Waals surface area contributed by atoms with Crippen LogP contribution < -0.4 is 10.1 Å². The molecule has 32 heavy (non-hydrogen) atoms. The molecule has 0 fully saturated rings. The minimum Gasteiger partial charge on any atom is -0.483 e. The van der Waals surface area contributed by atoms with Crippen molar-refractivity contribution in [2.24, 2.45) is 0 Å². The molecule has 0 unspecified atom stereocenters. The molecule has 9 heteroatoms. The number of nitrogens with one attached hydrogen (secondary N) is 1. The molecule has 0 spiro atoms. The Bertz CT molecular complexity index is 1090. The Morgan fingerprint density at radius 1 is 1.03 bits per heavy atom. The molecule has 0 saturated heterocycles. The van der Waals surface area contributed by atoms with Crippen molar-refractivity contribution in [1.82, 2.24) is 4.90 Å². The van der Waals surface area contributed by atoms with Gasteiger partial charge in [0.1, 0.15) is 17.1 Å². The van der Waals surface area contributed by atoms with Crippen molar-refractivity contribution in [1.29, 1.82) is 0 Å². The number of rotatable bonds is 9. The van der Waals surface area contributed by atoms with Crippen LogP contribution in [0.3, 0.4) is 0 Å². The van der Waals surface area contributed by atoms with Gasteiger partial charge < -0.3 is 19.7 Å². The molecule has 0 aliphatic heterocycles. The largest absolute Gasteiger partial charge is 0.483 e. The maximum absolute atomic E-state index is 13.6. The van der Waals surface area contributed by atoms with Gasteiger partial charge in [0, 0.05) is 13.6 Å². The number of amides is 2. The molecule has 1 N–H and O–H groups in total. The second kappa shape index (κ2) is 11.1. The van der Waals surface area contributed by atoms with Gasteiger partial charge in [0.2, 0.25) is 0 Å². The molecule has 0 aliphatic carbocycles. The third kappa shape index (κ3) is 6.39. The lowest BCUT2D eigenvalue weighted by Crippen LogP contribution is -2.30. The summed E-state index contributed by atoms with van der Waals surface area (Å²) < 4.78 is 24.2. The Morgan fingerprint density at radius 3 is 2.53 bits per heavy atom. The van der Waals surface area contributed by atoms with Crippen LogP contribution in [0.5, 0.6) is 5.75 Å². The quantitative estimate of drug-likeness (QED) is 0.496. The monoisotopic (exact) mass is 456 g/mol. The van der Waals surface area contributed by atoms with E-state index in [1.807, 2.05) is 16.8 Å². The lowest BCUT2D eigenvalue weighted by molar-refractivity contribution is -0.133. The Hall–Kier alpha value is -3.72. The van der Waals surface area contributed by atoms with E-state index in [0.717, 1.165) is 5.56 Å². The summed E-state index contributed by atoms with van der Waals surface area (Å²) in [5.74, 6) is -2.16. The summed E-state index contributed by atoms with van der Waals surface area (Å²) in [4.78, 5) is 38.2. The molecule has 0 saturated carbocycles. The van der Waals surface area contributed by atoms with E-state index < -0.39 is 30.9 Å². The highest BCUT2D eigenvalue weighted by atomic mass is 32.1. The highest BCUT2D eigenvalue weighted by Crippen LogP contribution is 2.19. The molecule has 1 aromatic heterocycles. The maximum Gasteiger partial charge on any atom is 0.342 e. The van der Waals surface area contributed by atoms with Gasteiger partial charge in [-0.3, -0.25) is 9.59 Å². The Balaban J connectivity index is 1.53. The van der Waals surface area contributed by atoms with Crippen molar-refractivity contribution in [3.8, 4) is 5.75 Å². The molecule has 7 nitrogen and oxygen atoms in total. The number of hydrogen-bond acceptors (Lipinski definition) is 6. The van der Waals surface area contributed by atoms with Crippen LogP contribution in [-0.2, 0) is 20.9 Å². The van der Waals surface area contributed by atoms with Crippen molar-refractivity contribution in [3.05, 3.63) is 82.3 Å². The van der Waals surface area contributed by atoms with Crippen LogP contribution in [0.4, 0.5) is 10.1 Å². The van der Waals surface area contributed by atoms with E-state index >= 15 is 0 Å². The molecule has 3 aromatic rings. The van der Waals surface area contributed by atoms with Gasteiger partial charge in [-0.15, -0.1) is 0 Å². The number of esters is 1. The number of carbonyl (C=O) groups is 3. The molecule has 166 valence electrons. The third-order valence-corrected chi connectivity index (χ3v) is 5.10. The van der Waals surface area contributed by atoms with E-state index in [4.69, 9.17) is 9.47 Å². The number of likely N-dealkylation sites (N-methyl/N-ethyl adjacent to an activating group) is 1. The van der Waals surface area contributed by atoms with Gasteiger partial charge >= 0.3 is 5.97 Å². The van der Waals surface area contributed by atoms with Crippen molar-refractivity contribution in [3.63, 3.8) is 0 Å². The second-order valence-corrected chi connectivity index (χ2v) is 7.55. The zero-order valence-electron chi connectivity index (χ0n) is 17.2. The van der Waals surface area contributed by atoms with E-state index in [9.17, 15) is 18.8 Å². The summed E-state index contributed by atoms with van der Waals surface area (Å²) in [5.41, 5.74) is 1.09. The number of para-hydroxylation sites is 2. The van der Waals surface area contributed by atoms with Crippen molar-refractivity contribution >= 4 is 34.8 Å². The molecule has 3 rings (SSSR count). The predicted octanol–water partition coefficient (Wildman–Crippen LogP) is 3.72. The van der Waals surface area contributed by atoms with Gasteiger partial charge in [0.15, 0.2) is 13.2 Å². The van der Waals surface area contributed by atoms with Crippen LogP contribution in [0.25, 0.3) is 0 Å². The number of benzene rings is 2. The standard InChI is InChI=1S/C23H21FN2O5S/c1-26(12-16-10-11-32-15-16)22(28)14-31-23(29)17-6-2-5-9-20(17)30-13-21(27)25-19-8-4-3-7-18(19)24/h2-11,15H,12-14H2,1H3,(H,25,27). The Morgan fingerprint density at radius 2 is 1.78 bits per heavy atom. The first-order valence-corrected chi connectivity index (χ1v) is 10.6. The highest BCUT2D eigenvalue weighted by Gasteiger charge is 2.18. The van der Waals surface area contributed by atoms with Crippen LogP contribution in [0.2, 0.25) is 0 Å². The van der Waals surface area contributed by atoms with Crippen LogP contribution in [-0.4, -0.2) is 42.9 Å². The summed E-state index contributed by atoms with van der Waals surface area (Å²) >= 11 is 1.53. The van der Waals surface area contributed by atoms with Crippen molar-refractivity contribution in [2.45, 2.75) is 6.54 Å². The Kier molecular flexibility index (Phi) is 7.93. The lowest BCUT2D eigenvalue weighted by Gasteiger charge is -2.17. The normalized spacial score (nSPS) is 10.3. The van der Waals surface area contributed by atoms with Crippen molar-refractivity contribution in [2.75, 3.05) is 25.6 Å². The zero-order valence-corrected chi connectivity index (χ0v) is 18.1. The number of carbonyl (C=O) groups excluding carboxylic acids is 3. The fourth-order valence-corrected chi connectivity index (χ4v) is 3.37. The smallest absolute Gasteiger partial charge is 0.342 e. The summed E-state index contributed by atoms with van der Waals surface area (Å²) in [5, 5.41) is 6.25. The zero-order chi connectivity index (χ0) is 22.9. The van der Waals surface area contributed by atoms with Crippen LogP contribution >= 0.6 is 11.3 Å². The number of hydrogen-bond donors (Lipinski definition) is 1. The first-order chi connectivity index (χ1) is 15.4. The summed E-state index contributed by atoms with van der Waals surface area (Å²) in [6.45, 7) is -0.459. The highest BCUT2D eigenvalue weighted by molar-refractivity contribution is 7.07. The average molecular weight is 456 g/mol. The van der Waals surface area contributed by atoms with Gasteiger partial charge in [-0.25, -0.2) is 9.18 Å². The predicted molar refractivity (Wildman–Crippen MR) is 118 cm³/mol. The van der Waals surface area contributed by atoms with E-state index in [0.29, 0.717) is 6.54 Å². The second-order valence-electron chi connectivity index (χ2n) is 6.77. The molecule has 0 aliphatic rings. The van der Waals surface area contributed by atoms with Crippen LogP contribution in [0.1, 0.15) is 15.9 Å². The van der Waals surface area contributed by atoms with Crippen LogP contribution in [0, 0.1) is 5.82 Å². The van der Waals surface area contributed by atoms with Crippen LogP contribution in [0.15, 0.2) is 65.4 Å². The summed E-state index contributed by atoms with van der Waals surface area (Å²) in [7, 11) is 1.62. The number of anilines is 1. The molecular weight excluding hydrogens is 435 g/mol. The molecule has 0 bridgehead atoms. The number of halogens is 1. The summed E-state index contributed by atoms with van der Waals surface area (Å²) in [6.07, 6.45) is 0. The van der Waals surface area contributed by atoms with E-state index in [1.54, 1.807) is 25.2 Å². The van der Waals surface area contributed by atoms with Gasteiger partial charge in [0.25, 0.3) is 11.8 Å². The SMILES string of the molecule is CN(Cc1ccsc1)C(=O)COC(=O)c1ccccc1OCC(=O)Nc1ccccc1F. The first kappa shape index (κ1) is 23.0. The number of ether oxygens (including phenoxy) is 2. The van der Waals surface area contributed by atoms with E-state index in [-0.39, 0.29) is 22.9 Å². The van der Waals surface area contributed by atoms with E-state index in [1.165, 1.54) is 46.6 Å². The molecule has 2 amide bonds. The molecule has 0 atom stereocenters. The van der Waals surface area contributed by atoms with E-state index in [2.05, 4.69) is 5.32 Å². The average Bonchev–Trinajstić information content (AvgIpc) is 3.30. The lowest BCUT2D eigenvalue weighted by atomic mass is 10.2.